The molecule has 1 aromatic carbocycles. The van der Waals surface area contributed by atoms with Gasteiger partial charge in [-0.3, -0.25) is 4.79 Å². The van der Waals surface area contributed by atoms with Crippen LogP contribution in [0.4, 0.5) is 4.39 Å². The van der Waals surface area contributed by atoms with Crippen molar-refractivity contribution < 1.29 is 13.9 Å². The molecule has 0 fully saturated rings. The van der Waals surface area contributed by atoms with Gasteiger partial charge in [0.15, 0.2) is 12.1 Å². The fourth-order valence-electron chi connectivity index (χ4n) is 0.949. The highest BCUT2D eigenvalue weighted by Gasteiger charge is 2.12. The van der Waals surface area contributed by atoms with E-state index in [2.05, 4.69) is 0 Å². The minimum absolute atomic E-state index is 0.131. The lowest BCUT2D eigenvalue weighted by atomic mass is 10.1. The Labute approximate surface area is 74.4 Å². The Hall–Kier alpha value is -1.89. The first-order valence-corrected chi connectivity index (χ1v) is 3.46. The Bertz CT molecular complexity index is 382. The molecule has 0 heterocycles. The molecule has 1 aromatic rings. The van der Waals surface area contributed by atoms with Crippen molar-refractivity contribution >= 4 is 6.29 Å². The highest BCUT2D eigenvalue weighted by atomic mass is 19.1. The van der Waals surface area contributed by atoms with Crippen LogP contribution >= 0.6 is 0 Å². The topological polar surface area (TPSA) is 50.1 Å². The lowest BCUT2D eigenvalue weighted by molar-refractivity contribution is 0.111. The molecule has 66 valence electrons. The first-order valence-electron chi connectivity index (χ1n) is 3.46. The van der Waals surface area contributed by atoms with E-state index in [1.54, 1.807) is 6.07 Å². The van der Waals surface area contributed by atoms with Crippen molar-refractivity contribution in [1.82, 2.24) is 0 Å². The smallest absolute Gasteiger partial charge is 0.156 e. The highest BCUT2D eigenvalue weighted by molar-refractivity contribution is 5.80. The maximum Gasteiger partial charge on any atom is 0.156 e. The second-order valence-electron chi connectivity index (χ2n) is 2.27. The number of hydrogen-bond acceptors (Lipinski definition) is 3. The first-order chi connectivity index (χ1) is 6.24. The molecule has 0 atom stereocenters. The van der Waals surface area contributed by atoms with Gasteiger partial charge >= 0.3 is 0 Å². The van der Waals surface area contributed by atoms with E-state index >= 15 is 0 Å². The van der Waals surface area contributed by atoms with Crippen LogP contribution in [-0.2, 0) is 0 Å². The largest absolute Gasteiger partial charge is 0.496 e. The summed E-state index contributed by atoms with van der Waals surface area (Å²) in [5.41, 5.74) is -0.385. The number of methoxy groups -OCH3 is 1. The number of nitrogens with zero attached hydrogens (tertiary/aromatic N) is 1. The Morgan fingerprint density at radius 1 is 1.62 bits per heavy atom. The van der Waals surface area contributed by atoms with Gasteiger partial charge in [-0.15, -0.1) is 0 Å². The van der Waals surface area contributed by atoms with Crippen molar-refractivity contribution in [1.29, 1.82) is 5.26 Å². The number of benzene rings is 1. The monoisotopic (exact) mass is 179 g/mol. The molecule has 0 unspecified atom stereocenters. The van der Waals surface area contributed by atoms with E-state index in [1.807, 2.05) is 0 Å². The van der Waals surface area contributed by atoms with Gasteiger partial charge in [-0.2, -0.15) is 5.26 Å². The highest BCUT2D eigenvalue weighted by Crippen LogP contribution is 2.21. The molecule has 4 heteroatoms. The van der Waals surface area contributed by atoms with Crippen LogP contribution in [0, 0.1) is 17.1 Å². The molecule has 0 aliphatic rings. The van der Waals surface area contributed by atoms with E-state index in [-0.39, 0.29) is 16.9 Å². The lowest BCUT2D eigenvalue weighted by Gasteiger charge is -2.04. The number of nitriles is 1. The minimum Gasteiger partial charge on any atom is -0.496 e. The third-order valence-electron chi connectivity index (χ3n) is 1.60. The van der Waals surface area contributed by atoms with Crippen LogP contribution in [-0.4, -0.2) is 13.4 Å². The van der Waals surface area contributed by atoms with Gasteiger partial charge in [0.05, 0.1) is 18.2 Å². The summed E-state index contributed by atoms with van der Waals surface area (Å²) < 4.78 is 17.9. The zero-order chi connectivity index (χ0) is 9.84. The van der Waals surface area contributed by atoms with Gasteiger partial charge in [0.25, 0.3) is 0 Å². The fourth-order valence-corrected chi connectivity index (χ4v) is 0.949. The fraction of sp³-hybridized carbons (Fsp3) is 0.111. The second-order valence-corrected chi connectivity index (χ2v) is 2.27. The number of carbonyl (C=O) groups excluding carboxylic acids is 1. The Kier molecular flexibility index (Phi) is 2.60. The maximum atomic E-state index is 13.2. The van der Waals surface area contributed by atoms with E-state index < -0.39 is 5.82 Å². The molecule has 13 heavy (non-hydrogen) atoms. The minimum atomic E-state index is -0.836. The zero-order valence-electron chi connectivity index (χ0n) is 6.87. The van der Waals surface area contributed by atoms with Gasteiger partial charge in [-0.1, -0.05) is 0 Å². The van der Waals surface area contributed by atoms with Crippen LogP contribution < -0.4 is 4.74 Å². The number of hydrogen-bond donors (Lipinski definition) is 0. The van der Waals surface area contributed by atoms with E-state index in [4.69, 9.17) is 10.00 Å². The summed E-state index contributed by atoms with van der Waals surface area (Å²) in [5.74, 6) is -0.705. The zero-order valence-corrected chi connectivity index (χ0v) is 6.87. The number of ether oxygens (including phenoxy) is 1. The molecule has 1 rings (SSSR count). The molecule has 0 saturated carbocycles. The molecule has 0 amide bonds. The molecular weight excluding hydrogens is 173 g/mol. The van der Waals surface area contributed by atoms with Crippen LogP contribution in [0.2, 0.25) is 0 Å². The normalized spacial score (nSPS) is 9.00. The predicted octanol–water partition coefficient (Wildman–Crippen LogP) is 1.52. The molecule has 0 aromatic heterocycles. The third-order valence-corrected chi connectivity index (χ3v) is 1.60. The maximum absolute atomic E-state index is 13.2. The van der Waals surface area contributed by atoms with Gasteiger partial charge in [-0.05, 0) is 12.1 Å². The SMILES string of the molecule is COc1ccc(C#N)c(F)c1C=O. The summed E-state index contributed by atoms with van der Waals surface area (Å²) in [6.45, 7) is 0. The Morgan fingerprint density at radius 2 is 2.31 bits per heavy atom. The van der Waals surface area contributed by atoms with E-state index in [1.165, 1.54) is 19.2 Å². The van der Waals surface area contributed by atoms with Crippen LogP contribution in [0.25, 0.3) is 0 Å². The number of carbonyl (C=O) groups is 1. The van der Waals surface area contributed by atoms with Crippen LogP contribution in [0.5, 0.6) is 5.75 Å². The Balaban J connectivity index is 3.42. The molecule has 0 aliphatic carbocycles. The summed E-state index contributed by atoms with van der Waals surface area (Å²) in [5, 5.41) is 8.46. The number of aldehydes is 1. The standard InChI is InChI=1S/C9H6FNO2/c1-13-8-3-2-6(4-11)9(10)7(8)5-12/h2-3,5H,1H3. The summed E-state index contributed by atoms with van der Waals surface area (Å²) >= 11 is 0. The van der Waals surface area contributed by atoms with Crippen molar-refractivity contribution in [3.05, 3.63) is 29.1 Å². The van der Waals surface area contributed by atoms with E-state index in [0.29, 0.717) is 6.29 Å². The molecule has 0 spiro atoms. The van der Waals surface area contributed by atoms with Gasteiger partial charge in [0.1, 0.15) is 11.8 Å². The molecule has 0 bridgehead atoms. The van der Waals surface area contributed by atoms with Crippen LogP contribution in [0.3, 0.4) is 0 Å². The molecule has 0 saturated heterocycles. The number of rotatable bonds is 2. The van der Waals surface area contributed by atoms with Crippen molar-refractivity contribution in [2.75, 3.05) is 7.11 Å². The van der Waals surface area contributed by atoms with Crippen molar-refractivity contribution in [3.8, 4) is 11.8 Å². The number of halogens is 1. The van der Waals surface area contributed by atoms with Gasteiger partial charge in [0, 0.05) is 0 Å². The predicted molar refractivity (Wildman–Crippen MR) is 43.1 cm³/mol. The lowest BCUT2D eigenvalue weighted by Crippen LogP contribution is -1.97. The Morgan fingerprint density at radius 3 is 2.77 bits per heavy atom. The van der Waals surface area contributed by atoms with Gasteiger partial charge in [-0.25, -0.2) is 4.39 Å². The first kappa shape index (κ1) is 9.20. The van der Waals surface area contributed by atoms with Crippen LogP contribution in [0.1, 0.15) is 15.9 Å². The molecule has 0 radical (unpaired) electrons. The quantitative estimate of drug-likeness (QED) is 0.646. The summed E-state index contributed by atoms with van der Waals surface area (Å²) in [6, 6.07) is 4.28. The van der Waals surface area contributed by atoms with Gasteiger partial charge < -0.3 is 4.74 Å². The molecule has 3 nitrogen and oxygen atoms in total. The molecule has 0 aliphatic heterocycles. The summed E-state index contributed by atoms with van der Waals surface area (Å²) in [7, 11) is 1.33. The van der Waals surface area contributed by atoms with E-state index in [0.717, 1.165) is 0 Å². The van der Waals surface area contributed by atoms with Gasteiger partial charge in [0.2, 0.25) is 0 Å². The van der Waals surface area contributed by atoms with Crippen molar-refractivity contribution in [2.24, 2.45) is 0 Å². The van der Waals surface area contributed by atoms with Crippen LogP contribution in [0.15, 0.2) is 12.1 Å². The van der Waals surface area contributed by atoms with Crippen molar-refractivity contribution in [3.63, 3.8) is 0 Å². The molecule has 0 N–H and O–H groups in total. The second kappa shape index (κ2) is 3.68. The van der Waals surface area contributed by atoms with Crippen molar-refractivity contribution in [2.45, 2.75) is 0 Å². The average molecular weight is 179 g/mol. The van der Waals surface area contributed by atoms with E-state index in [9.17, 15) is 9.18 Å². The summed E-state index contributed by atoms with van der Waals surface area (Å²) in [6.07, 6.45) is 0.328. The molecular formula is C9H6FNO2. The summed E-state index contributed by atoms with van der Waals surface area (Å²) in [4.78, 5) is 10.4. The average Bonchev–Trinajstić information content (AvgIpc) is 2.17. The third kappa shape index (κ3) is 1.49.